The predicted octanol–water partition coefficient (Wildman–Crippen LogP) is 1.30. The maximum absolute atomic E-state index is 11.1. The second kappa shape index (κ2) is 7.43. The number of piperidine rings is 1. The first-order chi connectivity index (χ1) is 10.2. The SMILES string of the molecule is COc1ccccc1C(CN)N1CCC(NC(C)=O)CC1. The summed E-state index contributed by atoms with van der Waals surface area (Å²) in [5.74, 6) is 0.936. The molecule has 2 rings (SSSR count). The van der Waals surface area contributed by atoms with Gasteiger partial charge in [-0.1, -0.05) is 18.2 Å². The van der Waals surface area contributed by atoms with Gasteiger partial charge in [0.1, 0.15) is 5.75 Å². The Bertz CT molecular complexity index is 470. The summed E-state index contributed by atoms with van der Waals surface area (Å²) in [6, 6.07) is 8.50. The predicted molar refractivity (Wildman–Crippen MR) is 83.2 cm³/mol. The number of hydrogen-bond donors (Lipinski definition) is 2. The lowest BCUT2D eigenvalue weighted by molar-refractivity contribution is -0.120. The van der Waals surface area contributed by atoms with Crippen molar-refractivity contribution in [2.75, 3.05) is 26.7 Å². The van der Waals surface area contributed by atoms with Crippen LogP contribution in [0.4, 0.5) is 0 Å². The fourth-order valence-corrected chi connectivity index (χ4v) is 3.06. The van der Waals surface area contributed by atoms with Gasteiger partial charge in [0.05, 0.1) is 13.2 Å². The molecule has 1 aromatic rings. The first-order valence-corrected chi connectivity index (χ1v) is 7.49. The van der Waals surface area contributed by atoms with Gasteiger partial charge in [-0.05, 0) is 18.9 Å². The van der Waals surface area contributed by atoms with E-state index in [4.69, 9.17) is 10.5 Å². The van der Waals surface area contributed by atoms with E-state index in [0.29, 0.717) is 6.54 Å². The first kappa shape index (κ1) is 15.8. The number of carbonyl (C=O) groups excluding carboxylic acids is 1. The summed E-state index contributed by atoms with van der Waals surface area (Å²) in [4.78, 5) is 13.5. The van der Waals surface area contributed by atoms with Gasteiger partial charge in [0, 0.05) is 38.2 Å². The number of nitrogens with one attached hydrogen (secondary N) is 1. The van der Waals surface area contributed by atoms with E-state index in [1.807, 2.05) is 18.2 Å². The fourth-order valence-electron chi connectivity index (χ4n) is 3.06. The molecule has 1 aromatic carbocycles. The van der Waals surface area contributed by atoms with Crippen molar-refractivity contribution in [3.8, 4) is 5.75 Å². The molecule has 3 N–H and O–H groups in total. The van der Waals surface area contributed by atoms with E-state index in [1.54, 1.807) is 14.0 Å². The van der Waals surface area contributed by atoms with Crippen molar-refractivity contribution >= 4 is 5.91 Å². The van der Waals surface area contributed by atoms with Crippen LogP contribution >= 0.6 is 0 Å². The van der Waals surface area contributed by atoms with Gasteiger partial charge < -0.3 is 15.8 Å². The van der Waals surface area contributed by atoms with E-state index in [-0.39, 0.29) is 18.0 Å². The summed E-state index contributed by atoms with van der Waals surface area (Å²) >= 11 is 0. The number of nitrogens with two attached hydrogens (primary N) is 1. The number of nitrogens with zero attached hydrogens (tertiary/aromatic N) is 1. The topological polar surface area (TPSA) is 67.6 Å². The summed E-state index contributed by atoms with van der Waals surface area (Å²) in [6.07, 6.45) is 1.93. The van der Waals surface area contributed by atoms with Crippen LogP contribution < -0.4 is 15.8 Å². The molecule has 5 heteroatoms. The molecule has 0 radical (unpaired) electrons. The molecule has 0 bridgehead atoms. The van der Waals surface area contributed by atoms with E-state index in [9.17, 15) is 4.79 Å². The summed E-state index contributed by atoms with van der Waals surface area (Å²) in [5.41, 5.74) is 7.15. The summed E-state index contributed by atoms with van der Waals surface area (Å²) in [7, 11) is 1.69. The Morgan fingerprint density at radius 2 is 2.10 bits per heavy atom. The van der Waals surface area contributed by atoms with Crippen molar-refractivity contribution in [3.63, 3.8) is 0 Å². The van der Waals surface area contributed by atoms with Crippen molar-refractivity contribution in [2.45, 2.75) is 31.8 Å². The first-order valence-electron chi connectivity index (χ1n) is 7.49. The molecule has 0 aliphatic carbocycles. The van der Waals surface area contributed by atoms with Gasteiger partial charge in [0.15, 0.2) is 0 Å². The van der Waals surface area contributed by atoms with E-state index in [0.717, 1.165) is 37.2 Å². The zero-order chi connectivity index (χ0) is 15.2. The van der Waals surface area contributed by atoms with Crippen LogP contribution in [0.25, 0.3) is 0 Å². The maximum atomic E-state index is 11.1. The van der Waals surface area contributed by atoms with Crippen LogP contribution in [0.5, 0.6) is 5.75 Å². The Morgan fingerprint density at radius 1 is 1.43 bits per heavy atom. The minimum absolute atomic E-state index is 0.0496. The van der Waals surface area contributed by atoms with Crippen LogP contribution in [0.15, 0.2) is 24.3 Å². The molecule has 1 fully saturated rings. The minimum Gasteiger partial charge on any atom is -0.496 e. The van der Waals surface area contributed by atoms with E-state index in [2.05, 4.69) is 16.3 Å². The van der Waals surface area contributed by atoms with Gasteiger partial charge in [-0.2, -0.15) is 0 Å². The fraction of sp³-hybridized carbons (Fsp3) is 0.562. The second-order valence-corrected chi connectivity index (χ2v) is 5.50. The van der Waals surface area contributed by atoms with Crippen LogP contribution in [-0.2, 0) is 4.79 Å². The molecule has 1 aliphatic heterocycles. The van der Waals surface area contributed by atoms with Gasteiger partial charge in [0.25, 0.3) is 0 Å². The number of hydrogen-bond acceptors (Lipinski definition) is 4. The molecule has 21 heavy (non-hydrogen) atoms. The van der Waals surface area contributed by atoms with Gasteiger partial charge in [-0.3, -0.25) is 9.69 Å². The van der Waals surface area contributed by atoms with Crippen LogP contribution in [0, 0.1) is 0 Å². The summed E-state index contributed by atoms with van der Waals surface area (Å²) in [5, 5.41) is 3.00. The highest BCUT2D eigenvalue weighted by molar-refractivity contribution is 5.73. The van der Waals surface area contributed by atoms with Crippen LogP contribution in [0.1, 0.15) is 31.4 Å². The van der Waals surface area contributed by atoms with E-state index in [1.165, 1.54) is 0 Å². The third-order valence-corrected chi connectivity index (χ3v) is 4.10. The number of benzene rings is 1. The Morgan fingerprint density at radius 3 is 2.67 bits per heavy atom. The molecule has 0 spiro atoms. The molecular formula is C16H25N3O2. The second-order valence-electron chi connectivity index (χ2n) is 5.50. The normalized spacial score (nSPS) is 18.2. The van der Waals surface area contributed by atoms with Crippen LogP contribution in [-0.4, -0.2) is 43.6 Å². The number of likely N-dealkylation sites (tertiary alicyclic amines) is 1. The largest absolute Gasteiger partial charge is 0.496 e. The molecule has 1 heterocycles. The lowest BCUT2D eigenvalue weighted by Crippen LogP contribution is -2.46. The molecule has 1 unspecified atom stereocenters. The quantitative estimate of drug-likeness (QED) is 0.858. The van der Waals surface area contributed by atoms with Crippen molar-refractivity contribution in [2.24, 2.45) is 5.73 Å². The number of carbonyl (C=O) groups is 1. The lowest BCUT2D eigenvalue weighted by Gasteiger charge is -2.37. The molecule has 1 saturated heterocycles. The van der Waals surface area contributed by atoms with Gasteiger partial charge in [-0.15, -0.1) is 0 Å². The Kier molecular flexibility index (Phi) is 5.59. The highest BCUT2D eigenvalue weighted by atomic mass is 16.5. The van der Waals surface area contributed by atoms with Crippen LogP contribution in [0.3, 0.4) is 0 Å². The highest BCUT2D eigenvalue weighted by Crippen LogP contribution is 2.30. The average Bonchev–Trinajstić information content (AvgIpc) is 2.49. The Balaban J connectivity index is 2.04. The zero-order valence-electron chi connectivity index (χ0n) is 12.8. The van der Waals surface area contributed by atoms with Crippen molar-refractivity contribution < 1.29 is 9.53 Å². The molecule has 5 nitrogen and oxygen atoms in total. The Labute approximate surface area is 126 Å². The molecule has 0 saturated carbocycles. The van der Waals surface area contributed by atoms with Gasteiger partial charge >= 0.3 is 0 Å². The number of rotatable bonds is 5. The molecular weight excluding hydrogens is 266 g/mol. The van der Waals surface area contributed by atoms with E-state index < -0.39 is 0 Å². The minimum atomic E-state index is 0.0496. The summed E-state index contributed by atoms with van der Waals surface area (Å²) < 4.78 is 5.45. The van der Waals surface area contributed by atoms with Gasteiger partial charge in [-0.25, -0.2) is 0 Å². The molecule has 1 atom stereocenters. The number of para-hydroxylation sites is 1. The molecule has 1 amide bonds. The number of methoxy groups -OCH3 is 1. The highest BCUT2D eigenvalue weighted by Gasteiger charge is 2.27. The maximum Gasteiger partial charge on any atom is 0.217 e. The van der Waals surface area contributed by atoms with E-state index >= 15 is 0 Å². The number of amides is 1. The molecule has 116 valence electrons. The third-order valence-electron chi connectivity index (χ3n) is 4.10. The molecule has 0 aromatic heterocycles. The lowest BCUT2D eigenvalue weighted by atomic mass is 9.98. The zero-order valence-corrected chi connectivity index (χ0v) is 12.8. The van der Waals surface area contributed by atoms with Crippen molar-refractivity contribution in [1.82, 2.24) is 10.2 Å². The monoisotopic (exact) mass is 291 g/mol. The third kappa shape index (κ3) is 3.95. The van der Waals surface area contributed by atoms with Crippen LogP contribution in [0.2, 0.25) is 0 Å². The molecule has 1 aliphatic rings. The average molecular weight is 291 g/mol. The van der Waals surface area contributed by atoms with Gasteiger partial charge in [0.2, 0.25) is 5.91 Å². The number of ether oxygens (including phenoxy) is 1. The van der Waals surface area contributed by atoms with Crippen molar-refractivity contribution in [3.05, 3.63) is 29.8 Å². The smallest absolute Gasteiger partial charge is 0.217 e. The van der Waals surface area contributed by atoms with Crippen molar-refractivity contribution in [1.29, 1.82) is 0 Å². The summed E-state index contributed by atoms with van der Waals surface area (Å²) in [6.45, 7) is 4.00. The Hall–Kier alpha value is -1.59. The standard InChI is InChI=1S/C16H25N3O2/c1-12(20)18-13-7-9-19(10-8-13)15(11-17)14-5-3-4-6-16(14)21-2/h3-6,13,15H,7-11,17H2,1-2H3,(H,18,20).